The zero-order valence-electron chi connectivity index (χ0n) is 10.0. The first-order valence-corrected chi connectivity index (χ1v) is 5.55. The van der Waals surface area contributed by atoms with E-state index in [-0.39, 0.29) is 5.71 Å². The monoisotopic (exact) mass is 239 g/mol. The summed E-state index contributed by atoms with van der Waals surface area (Å²) in [5.74, 6) is -0.623. The van der Waals surface area contributed by atoms with Gasteiger partial charge in [0.25, 0.3) is 0 Å². The standard InChI is InChI=1S/C15H13NO2/c1-18-15(17)14(16)13-9-7-12(8-10-13)11-5-3-2-4-6-11/h2-10,16H,1H3. The number of nitrogens with one attached hydrogen (secondary N) is 1. The normalized spacial score (nSPS) is 9.83. The molecule has 0 aliphatic heterocycles. The first kappa shape index (κ1) is 12.0. The van der Waals surface area contributed by atoms with Crippen LogP contribution in [0, 0.1) is 5.41 Å². The quantitative estimate of drug-likeness (QED) is 0.661. The highest BCUT2D eigenvalue weighted by Crippen LogP contribution is 2.19. The van der Waals surface area contributed by atoms with Gasteiger partial charge in [-0.1, -0.05) is 54.6 Å². The lowest BCUT2D eigenvalue weighted by Gasteiger charge is -2.04. The summed E-state index contributed by atoms with van der Waals surface area (Å²) in [5, 5.41) is 7.64. The number of carbonyl (C=O) groups excluding carboxylic acids is 1. The largest absolute Gasteiger partial charge is 0.464 e. The van der Waals surface area contributed by atoms with Crippen molar-refractivity contribution in [2.75, 3.05) is 7.11 Å². The molecule has 0 saturated heterocycles. The van der Waals surface area contributed by atoms with Crippen molar-refractivity contribution in [1.82, 2.24) is 0 Å². The van der Waals surface area contributed by atoms with Gasteiger partial charge in [-0.2, -0.15) is 0 Å². The van der Waals surface area contributed by atoms with Crippen LogP contribution in [0.25, 0.3) is 11.1 Å². The summed E-state index contributed by atoms with van der Waals surface area (Å²) in [7, 11) is 1.27. The van der Waals surface area contributed by atoms with E-state index in [1.165, 1.54) is 7.11 Å². The van der Waals surface area contributed by atoms with Crippen LogP contribution in [0.2, 0.25) is 0 Å². The number of hydrogen-bond donors (Lipinski definition) is 1. The molecule has 1 N–H and O–H groups in total. The van der Waals surface area contributed by atoms with E-state index in [4.69, 9.17) is 5.41 Å². The van der Waals surface area contributed by atoms with E-state index < -0.39 is 5.97 Å². The Morgan fingerprint density at radius 1 is 0.944 bits per heavy atom. The van der Waals surface area contributed by atoms with Crippen LogP contribution in [-0.2, 0) is 9.53 Å². The van der Waals surface area contributed by atoms with Crippen LogP contribution in [0.15, 0.2) is 54.6 Å². The van der Waals surface area contributed by atoms with Crippen molar-refractivity contribution in [3.63, 3.8) is 0 Å². The molecule has 0 aliphatic rings. The molecule has 2 rings (SSSR count). The molecule has 0 heterocycles. The zero-order chi connectivity index (χ0) is 13.0. The highest BCUT2D eigenvalue weighted by molar-refractivity contribution is 6.41. The molecule has 3 heteroatoms. The van der Waals surface area contributed by atoms with Crippen LogP contribution in [-0.4, -0.2) is 18.8 Å². The summed E-state index contributed by atoms with van der Waals surface area (Å²) >= 11 is 0. The first-order valence-electron chi connectivity index (χ1n) is 5.55. The smallest absolute Gasteiger partial charge is 0.356 e. The summed E-state index contributed by atoms with van der Waals surface area (Å²) in [4.78, 5) is 11.2. The van der Waals surface area contributed by atoms with Gasteiger partial charge in [0.15, 0.2) is 0 Å². The number of ether oxygens (including phenoxy) is 1. The zero-order valence-corrected chi connectivity index (χ0v) is 10.0. The summed E-state index contributed by atoms with van der Waals surface area (Å²) in [6.45, 7) is 0. The van der Waals surface area contributed by atoms with Crippen molar-refractivity contribution in [2.24, 2.45) is 0 Å². The second-order valence-electron chi connectivity index (χ2n) is 3.81. The SMILES string of the molecule is COC(=O)C(=N)c1ccc(-c2ccccc2)cc1. The molecule has 0 spiro atoms. The van der Waals surface area contributed by atoms with Crippen LogP contribution in [0.4, 0.5) is 0 Å². The number of hydrogen-bond acceptors (Lipinski definition) is 3. The molecule has 0 aliphatic carbocycles. The van der Waals surface area contributed by atoms with Crippen molar-refractivity contribution >= 4 is 11.7 Å². The Bertz CT molecular complexity index is 559. The fourth-order valence-corrected chi connectivity index (χ4v) is 1.68. The highest BCUT2D eigenvalue weighted by Gasteiger charge is 2.11. The lowest BCUT2D eigenvalue weighted by molar-refractivity contribution is -0.132. The number of esters is 1. The van der Waals surface area contributed by atoms with Gasteiger partial charge in [0.1, 0.15) is 5.71 Å². The molecule has 2 aromatic carbocycles. The predicted octanol–water partition coefficient (Wildman–Crippen LogP) is 2.89. The Balaban J connectivity index is 2.26. The molecular formula is C15H13NO2. The van der Waals surface area contributed by atoms with E-state index in [0.29, 0.717) is 5.56 Å². The van der Waals surface area contributed by atoms with E-state index in [1.54, 1.807) is 12.1 Å². The topological polar surface area (TPSA) is 50.2 Å². The molecule has 3 nitrogen and oxygen atoms in total. The van der Waals surface area contributed by atoms with Crippen LogP contribution in [0.3, 0.4) is 0 Å². The van der Waals surface area contributed by atoms with E-state index in [2.05, 4.69) is 4.74 Å². The van der Waals surface area contributed by atoms with Gasteiger partial charge in [0.05, 0.1) is 7.11 Å². The van der Waals surface area contributed by atoms with E-state index in [1.807, 2.05) is 42.5 Å². The van der Waals surface area contributed by atoms with Crippen molar-refractivity contribution in [1.29, 1.82) is 5.41 Å². The maximum atomic E-state index is 11.2. The maximum absolute atomic E-state index is 11.2. The molecule has 90 valence electrons. The molecule has 0 aromatic heterocycles. The summed E-state index contributed by atoms with van der Waals surface area (Å²) in [5.41, 5.74) is 2.59. The van der Waals surface area contributed by atoms with Crippen LogP contribution >= 0.6 is 0 Å². The third-order valence-electron chi connectivity index (χ3n) is 2.67. The van der Waals surface area contributed by atoms with Crippen LogP contribution < -0.4 is 0 Å². The summed E-state index contributed by atoms with van der Waals surface area (Å²) in [6.07, 6.45) is 0. The van der Waals surface area contributed by atoms with Gasteiger partial charge in [-0.25, -0.2) is 4.79 Å². The Kier molecular flexibility index (Phi) is 3.53. The maximum Gasteiger partial charge on any atom is 0.356 e. The van der Waals surface area contributed by atoms with Crippen LogP contribution in [0.5, 0.6) is 0 Å². The molecular weight excluding hydrogens is 226 g/mol. The predicted molar refractivity (Wildman–Crippen MR) is 70.7 cm³/mol. The first-order chi connectivity index (χ1) is 8.72. The van der Waals surface area contributed by atoms with Crippen molar-refractivity contribution in [2.45, 2.75) is 0 Å². The fraction of sp³-hybridized carbons (Fsp3) is 0.0667. The number of benzene rings is 2. The Labute approximate surface area is 106 Å². The summed E-state index contributed by atoms with van der Waals surface area (Å²) < 4.78 is 4.52. The molecule has 0 amide bonds. The van der Waals surface area contributed by atoms with Gasteiger partial charge in [-0.05, 0) is 11.1 Å². The second kappa shape index (κ2) is 5.27. The minimum atomic E-state index is -0.623. The van der Waals surface area contributed by atoms with Crippen LogP contribution in [0.1, 0.15) is 5.56 Å². The van der Waals surface area contributed by atoms with Gasteiger partial charge < -0.3 is 4.74 Å². The molecule has 0 saturated carbocycles. The molecule has 0 unspecified atom stereocenters. The van der Waals surface area contributed by atoms with E-state index >= 15 is 0 Å². The number of methoxy groups -OCH3 is 1. The highest BCUT2D eigenvalue weighted by atomic mass is 16.5. The van der Waals surface area contributed by atoms with E-state index in [0.717, 1.165) is 11.1 Å². The molecule has 2 aromatic rings. The minimum absolute atomic E-state index is 0.128. The van der Waals surface area contributed by atoms with Gasteiger partial charge in [-0.3, -0.25) is 5.41 Å². The lowest BCUT2D eigenvalue weighted by atomic mass is 10.0. The van der Waals surface area contributed by atoms with Crippen molar-refractivity contribution in [3.05, 3.63) is 60.2 Å². The van der Waals surface area contributed by atoms with E-state index in [9.17, 15) is 4.79 Å². The average Bonchev–Trinajstić information content (AvgIpc) is 2.47. The summed E-state index contributed by atoms with van der Waals surface area (Å²) in [6, 6.07) is 17.2. The Morgan fingerprint density at radius 3 is 2.06 bits per heavy atom. The lowest BCUT2D eigenvalue weighted by Crippen LogP contribution is -2.15. The molecule has 0 bridgehead atoms. The minimum Gasteiger partial charge on any atom is -0.464 e. The molecule has 0 atom stereocenters. The van der Waals surface area contributed by atoms with Gasteiger partial charge in [0.2, 0.25) is 0 Å². The molecule has 18 heavy (non-hydrogen) atoms. The van der Waals surface area contributed by atoms with Gasteiger partial charge >= 0.3 is 5.97 Å². The Hall–Kier alpha value is -2.42. The third kappa shape index (κ3) is 2.46. The average molecular weight is 239 g/mol. The van der Waals surface area contributed by atoms with Gasteiger partial charge in [0, 0.05) is 5.56 Å². The number of rotatable bonds is 3. The Morgan fingerprint density at radius 2 is 1.50 bits per heavy atom. The molecule has 0 radical (unpaired) electrons. The third-order valence-corrected chi connectivity index (χ3v) is 2.67. The van der Waals surface area contributed by atoms with Gasteiger partial charge in [-0.15, -0.1) is 0 Å². The van der Waals surface area contributed by atoms with Crippen molar-refractivity contribution < 1.29 is 9.53 Å². The second-order valence-corrected chi connectivity index (χ2v) is 3.81. The fourth-order valence-electron chi connectivity index (χ4n) is 1.68. The molecule has 0 fully saturated rings. The number of carbonyl (C=O) groups is 1. The van der Waals surface area contributed by atoms with Crippen molar-refractivity contribution in [3.8, 4) is 11.1 Å².